The molecule has 0 N–H and O–H groups in total. The summed E-state index contributed by atoms with van der Waals surface area (Å²) in [6.45, 7) is 25.1. The first kappa shape index (κ1) is 29.5. The Morgan fingerprint density at radius 1 is 0.524 bits per heavy atom. The molecule has 0 amide bonds. The number of rotatable bonds is 2. The highest BCUT2D eigenvalue weighted by atomic mass is 28.3. The van der Waals surface area contributed by atoms with Crippen LogP contribution in [0.25, 0.3) is 0 Å². The predicted molar refractivity (Wildman–Crippen MR) is 185 cm³/mol. The van der Waals surface area contributed by atoms with E-state index in [4.69, 9.17) is 0 Å². The summed E-state index contributed by atoms with van der Waals surface area (Å²) in [6, 6.07) is 7.44. The molecular weight excluding hydrogens is 537 g/mol. The van der Waals surface area contributed by atoms with Gasteiger partial charge in [0, 0.05) is 11.1 Å². The molecule has 9 rings (SSSR count). The molecule has 0 heterocycles. The van der Waals surface area contributed by atoms with Gasteiger partial charge in [0.05, 0.1) is 0 Å². The largest absolute Gasteiger partial charge is 0.129 e. The van der Waals surface area contributed by atoms with Gasteiger partial charge in [0.2, 0.25) is 0 Å². The molecule has 4 atom stereocenters. The standard InChI is InChI=1S/C40H58Si2/c1-34-18-32-19-35(2,21-34)26-39(20-32,25-34)40-27-36(3)22-37(4,28-40)24-38(23-36,29-40)33-16-30(11-13-41(5,6)7)15-31(17-33)12-14-42(8,9)10/h15-17,32H,18-29H2,1-10H3. The molecule has 8 saturated carbocycles. The van der Waals surface area contributed by atoms with Gasteiger partial charge in [-0.2, -0.15) is 0 Å². The van der Waals surface area contributed by atoms with Gasteiger partial charge < -0.3 is 0 Å². The molecular formula is C40H58Si2. The van der Waals surface area contributed by atoms with E-state index in [9.17, 15) is 0 Å². The zero-order valence-electron chi connectivity index (χ0n) is 28.8. The second kappa shape index (κ2) is 8.52. The van der Waals surface area contributed by atoms with Crippen LogP contribution in [0.5, 0.6) is 0 Å². The van der Waals surface area contributed by atoms with Crippen molar-refractivity contribution in [2.45, 2.75) is 149 Å². The van der Waals surface area contributed by atoms with Crippen LogP contribution < -0.4 is 0 Å². The lowest BCUT2D eigenvalue weighted by atomic mass is 9.26. The molecule has 8 aliphatic carbocycles. The second-order valence-corrected chi connectivity index (χ2v) is 30.5. The van der Waals surface area contributed by atoms with Crippen LogP contribution in [-0.4, -0.2) is 16.1 Å². The van der Waals surface area contributed by atoms with Crippen LogP contribution in [0.2, 0.25) is 39.3 Å². The monoisotopic (exact) mass is 594 g/mol. The molecule has 4 unspecified atom stereocenters. The second-order valence-electron chi connectivity index (χ2n) is 21.0. The number of hydrogen-bond acceptors (Lipinski definition) is 0. The van der Waals surface area contributed by atoms with Crippen molar-refractivity contribution in [1.82, 2.24) is 0 Å². The van der Waals surface area contributed by atoms with Gasteiger partial charge in [-0.25, -0.2) is 0 Å². The summed E-state index contributed by atoms with van der Waals surface area (Å²) in [4.78, 5) is 0. The van der Waals surface area contributed by atoms with Crippen LogP contribution >= 0.6 is 0 Å². The Morgan fingerprint density at radius 2 is 0.976 bits per heavy atom. The minimum atomic E-state index is -1.47. The van der Waals surface area contributed by atoms with Crippen LogP contribution in [0.4, 0.5) is 0 Å². The molecule has 1 aromatic rings. The number of hydrogen-bond donors (Lipinski definition) is 0. The van der Waals surface area contributed by atoms with Gasteiger partial charge in [0.1, 0.15) is 16.1 Å². The van der Waals surface area contributed by atoms with E-state index in [1.807, 2.05) is 0 Å². The molecule has 0 radical (unpaired) electrons. The first-order valence-electron chi connectivity index (χ1n) is 17.4. The highest BCUT2D eigenvalue weighted by molar-refractivity contribution is 6.84. The minimum absolute atomic E-state index is 0.274. The van der Waals surface area contributed by atoms with Crippen LogP contribution in [0.1, 0.15) is 121 Å². The zero-order valence-corrected chi connectivity index (χ0v) is 30.8. The SMILES string of the molecule is CC12CC3CC(C)(C1)CC(C14CC5(C)CC(C)(CC(c6cc(C#C[Si](C)(C)C)cc(C#C[Si](C)(C)C)c6)(C5)C1)C4)(C3)C2. The minimum Gasteiger partial charge on any atom is -0.127 e. The molecule has 0 spiro atoms. The molecule has 0 aliphatic heterocycles. The maximum Gasteiger partial charge on any atom is 0.129 e. The predicted octanol–water partition coefficient (Wildman–Crippen LogP) is 10.8. The van der Waals surface area contributed by atoms with Gasteiger partial charge in [-0.3, -0.25) is 0 Å². The van der Waals surface area contributed by atoms with Crippen LogP contribution in [0.15, 0.2) is 18.2 Å². The summed E-state index contributed by atoms with van der Waals surface area (Å²) in [5.41, 5.74) is 14.9. The maximum atomic E-state index is 3.71. The smallest absolute Gasteiger partial charge is 0.127 e. The zero-order chi connectivity index (χ0) is 30.2. The van der Waals surface area contributed by atoms with Crippen molar-refractivity contribution in [2.24, 2.45) is 38.4 Å². The number of benzene rings is 1. The van der Waals surface area contributed by atoms with E-state index >= 15 is 0 Å². The highest BCUT2D eigenvalue weighted by Gasteiger charge is 2.74. The molecule has 1 aromatic carbocycles. The summed E-state index contributed by atoms with van der Waals surface area (Å²) >= 11 is 0. The topological polar surface area (TPSA) is 0 Å². The molecule has 2 heteroatoms. The maximum absolute atomic E-state index is 3.71. The third kappa shape index (κ3) is 4.85. The van der Waals surface area contributed by atoms with Crippen LogP contribution in [-0.2, 0) is 5.41 Å². The van der Waals surface area contributed by atoms with Gasteiger partial charge in [-0.15, -0.1) is 11.1 Å². The molecule has 0 aromatic heterocycles. The van der Waals surface area contributed by atoms with E-state index < -0.39 is 16.1 Å². The van der Waals surface area contributed by atoms with E-state index in [1.54, 1.807) is 5.56 Å². The molecule has 8 aliphatic rings. The van der Waals surface area contributed by atoms with E-state index in [2.05, 4.69) is 108 Å². The van der Waals surface area contributed by atoms with Crippen molar-refractivity contribution in [1.29, 1.82) is 0 Å². The molecule has 0 saturated heterocycles. The molecule has 226 valence electrons. The van der Waals surface area contributed by atoms with Crippen molar-refractivity contribution >= 4 is 16.1 Å². The van der Waals surface area contributed by atoms with Crippen molar-refractivity contribution in [2.75, 3.05) is 0 Å². The van der Waals surface area contributed by atoms with E-state index in [-0.39, 0.29) is 5.41 Å². The quantitative estimate of drug-likeness (QED) is 0.236. The van der Waals surface area contributed by atoms with E-state index in [1.165, 1.54) is 88.2 Å². The Labute approximate surface area is 261 Å². The summed E-state index contributed by atoms with van der Waals surface area (Å²) in [5, 5.41) is 0. The van der Waals surface area contributed by atoms with Gasteiger partial charge in [-0.05, 0) is 145 Å². The highest BCUT2D eigenvalue weighted by Crippen LogP contribution is 2.83. The summed E-state index contributed by atoms with van der Waals surface area (Å²) in [5.74, 6) is 8.37. The average Bonchev–Trinajstić information content (AvgIpc) is 2.76. The summed E-state index contributed by atoms with van der Waals surface area (Å²) in [7, 11) is -2.95. The normalized spacial score (nSPS) is 46.7. The van der Waals surface area contributed by atoms with Crippen molar-refractivity contribution < 1.29 is 0 Å². The molecule has 42 heavy (non-hydrogen) atoms. The van der Waals surface area contributed by atoms with Gasteiger partial charge in [-0.1, -0.05) is 78.8 Å². The van der Waals surface area contributed by atoms with Gasteiger partial charge in [0.15, 0.2) is 0 Å². The Bertz CT molecular complexity index is 1370. The summed E-state index contributed by atoms with van der Waals surface area (Å²) < 4.78 is 0. The third-order valence-electron chi connectivity index (χ3n) is 13.1. The molecule has 8 fully saturated rings. The third-order valence-corrected chi connectivity index (χ3v) is 14.8. The lowest BCUT2D eigenvalue weighted by Gasteiger charge is -2.78. The van der Waals surface area contributed by atoms with Crippen LogP contribution in [0.3, 0.4) is 0 Å². The van der Waals surface area contributed by atoms with Gasteiger partial charge in [0.25, 0.3) is 0 Å². The molecule has 8 bridgehead atoms. The van der Waals surface area contributed by atoms with E-state index in [0.717, 1.165) is 5.92 Å². The lowest BCUT2D eigenvalue weighted by molar-refractivity contribution is -0.270. The fourth-order valence-corrected chi connectivity index (χ4v) is 15.2. The first-order chi connectivity index (χ1) is 19.2. The Hall–Kier alpha value is -1.23. The Balaban J connectivity index is 1.38. The van der Waals surface area contributed by atoms with Crippen molar-refractivity contribution in [3.63, 3.8) is 0 Å². The van der Waals surface area contributed by atoms with E-state index in [0.29, 0.717) is 32.5 Å². The van der Waals surface area contributed by atoms with Crippen molar-refractivity contribution in [3.05, 3.63) is 34.9 Å². The van der Waals surface area contributed by atoms with Gasteiger partial charge >= 0.3 is 0 Å². The fraction of sp³-hybridized carbons (Fsp3) is 0.750. The van der Waals surface area contributed by atoms with Crippen LogP contribution in [0, 0.1) is 61.3 Å². The molecule has 0 nitrogen and oxygen atoms in total. The average molecular weight is 595 g/mol. The lowest BCUT2D eigenvalue weighted by Crippen LogP contribution is -2.69. The fourth-order valence-electron chi connectivity index (χ4n) is 14.2. The Morgan fingerprint density at radius 3 is 1.43 bits per heavy atom. The summed E-state index contributed by atoms with van der Waals surface area (Å²) in [6.07, 6.45) is 17.7. The van der Waals surface area contributed by atoms with Crippen molar-refractivity contribution in [3.8, 4) is 22.9 Å². The first-order valence-corrected chi connectivity index (χ1v) is 24.4. The Kier molecular flexibility index (Phi) is 5.98.